The number of hydrogen-bond acceptors (Lipinski definition) is 5. The summed E-state index contributed by atoms with van der Waals surface area (Å²) in [6.45, 7) is 4.44. The Kier molecular flexibility index (Phi) is 6.75. The first kappa shape index (κ1) is 21.0. The molecule has 0 radical (unpaired) electrons. The molecular formula is C23H23N3O4. The van der Waals surface area contributed by atoms with Crippen molar-refractivity contribution in [3.63, 3.8) is 0 Å². The first-order valence-electron chi connectivity index (χ1n) is 9.54. The summed E-state index contributed by atoms with van der Waals surface area (Å²) in [6.07, 6.45) is 0.689. The molecule has 2 aromatic carbocycles. The Hall–Kier alpha value is -3.74. The molecule has 7 heteroatoms. The molecule has 3 aromatic rings. The summed E-state index contributed by atoms with van der Waals surface area (Å²) in [5.74, 6) is -1.02. The predicted octanol–water partition coefficient (Wildman–Crippen LogP) is 2.83. The van der Waals surface area contributed by atoms with E-state index in [1.807, 2.05) is 48.9 Å². The van der Waals surface area contributed by atoms with Crippen LogP contribution in [0, 0.1) is 13.8 Å². The lowest BCUT2D eigenvalue weighted by Gasteiger charge is -2.08. The van der Waals surface area contributed by atoms with E-state index in [1.165, 1.54) is 24.3 Å². The molecule has 0 saturated carbocycles. The van der Waals surface area contributed by atoms with Gasteiger partial charge in [0, 0.05) is 23.4 Å². The molecule has 0 spiro atoms. The Morgan fingerprint density at radius 1 is 1.07 bits per heavy atom. The van der Waals surface area contributed by atoms with Crippen molar-refractivity contribution in [2.45, 2.75) is 26.9 Å². The molecule has 1 aromatic heterocycles. The summed E-state index contributed by atoms with van der Waals surface area (Å²) >= 11 is 0. The monoisotopic (exact) mass is 405 g/mol. The fourth-order valence-electron chi connectivity index (χ4n) is 3.05. The Morgan fingerprint density at radius 3 is 2.43 bits per heavy atom. The zero-order valence-corrected chi connectivity index (χ0v) is 16.9. The number of amides is 1. The molecule has 0 aliphatic carbocycles. The van der Waals surface area contributed by atoms with Gasteiger partial charge < -0.3 is 10.1 Å². The van der Waals surface area contributed by atoms with Crippen LogP contribution in [0.2, 0.25) is 0 Å². The van der Waals surface area contributed by atoms with E-state index in [0.29, 0.717) is 24.9 Å². The summed E-state index contributed by atoms with van der Waals surface area (Å²) in [4.78, 5) is 34.8. The summed E-state index contributed by atoms with van der Waals surface area (Å²) in [5.41, 5.74) is 4.65. The number of rotatable bonds is 8. The van der Waals surface area contributed by atoms with Gasteiger partial charge in [-0.15, -0.1) is 0 Å². The lowest BCUT2D eigenvalue weighted by Crippen LogP contribution is -2.28. The second-order valence-electron chi connectivity index (χ2n) is 6.89. The first-order valence-corrected chi connectivity index (χ1v) is 9.54. The third kappa shape index (κ3) is 5.20. The van der Waals surface area contributed by atoms with Gasteiger partial charge in [0.2, 0.25) is 0 Å². The van der Waals surface area contributed by atoms with Crippen LogP contribution in [-0.4, -0.2) is 34.6 Å². The second-order valence-corrected chi connectivity index (χ2v) is 6.89. The van der Waals surface area contributed by atoms with Crippen LogP contribution in [0.3, 0.4) is 0 Å². The minimum Gasteiger partial charge on any atom is -0.452 e. The third-order valence-electron chi connectivity index (χ3n) is 4.79. The molecule has 30 heavy (non-hydrogen) atoms. The van der Waals surface area contributed by atoms with Crippen molar-refractivity contribution in [1.29, 1.82) is 0 Å². The molecule has 7 nitrogen and oxygen atoms in total. The summed E-state index contributed by atoms with van der Waals surface area (Å²) in [7, 11) is 0. The van der Waals surface area contributed by atoms with Crippen LogP contribution in [0.15, 0.2) is 54.6 Å². The minimum atomic E-state index is -0.620. The Bertz CT molecular complexity index is 1040. The second kappa shape index (κ2) is 9.65. The van der Waals surface area contributed by atoms with Crippen LogP contribution in [0.5, 0.6) is 0 Å². The van der Waals surface area contributed by atoms with Gasteiger partial charge >= 0.3 is 5.97 Å². The first-order chi connectivity index (χ1) is 14.5. The Balaban J connectivity index is 1.53. The summed E-state index contributed by atoms with van der Waals surface area (Å²) in [5, 5.41) is 7.33. The van der Waals surface area contributed by atoms with Crippen molar-refractivity contribution in [1.82, 2.24) is 15.1 Å². The van der Waals surface area contributed by atoms with Crippen molar-refractivity contribution >= 4 is 18.2 Å². The van der Waals surface area contributed by atoms with Crippen LogP contribution in [0.4, 0.5) is 0 Å². The molecule has 0 saturated heterocycles. The lowest BCUT2D eigenvalue weighted by molar-refractivity contribution is -0.124. The average Bonchev–Trinajstić information content (AvgIpc) is 3.03. The van der Waals surface area contributed by atoms with E-state index in [2.05, 4.69) is 10.4 Å². The molecule has 0 aliphatic heterocycles. The number of nitrogens with zero attached hydrogens (tertiary/aromatic N) is 2. The van der Waals surface area contributed by atoms with Crippen molar-refractivity contribution in [3.05, 3.63) is 88.2 Å². The number of aldehydes is 1. The van der Waals surface area contributed by atoms with E-state index in [4.69, 9.17) is 4.74 Å². The topological polar surface area (TPSA) is 90.3 Å². The standard InChI is InChI=1S/C23H23N3O4/c1-16-21(17(2)26(25-16)13-18-6-4-3-5-7-18)12-24-22(28)15-30-23(29)20-10-8-19(14-27)9-11-20/h3-11,14H,12-13,15H2,1-2H3,(H,24,28). The molecule has 0 unspecified atom stereocenters. The van der Waals surface area contributed by atoms with Gasteiger partial charge in [-0.25, -0.2) is 4.79 Å². The molecule has 0 fully saturated rings. The van der Waals surface area contributed by atoms with E-state index in [-0.39, 0.29) is 12.2 Å². The number of ether oxygens (including phenoxy) is 1. The third-order valence-corrected chi connectivity index (χ3v) is 4.79. The molecule has 1 heterocycles. The SMILES string of the molecule is Cc1nn(Cc2ccccc2)c(C)c1CNC(=O)COC(=O)c1ccc(C=O)cc1. The zero-order chi connectivity index (χ0) is 21.5. The van der Waals surface area contributed by atoms with Crippen LogP contribution >= 0.6 is 0 Å². The number of carbonyl (C=O) groups is 3. The van der Waals surface area contributed by atoms with Gasteiger partial charge in [0.15, 0.2) is 6.61 Å². The molecule has 3 rings (SSSR count). The van der Waals surface area contributed by atoms with Crippen molar-refractivity contribution < 1.29 is 19.1 Å². The van der Waals surface area contributed by atoms with Crippen LogP contribution in [-0.2, 0) is 22.6 Å². The van der Waals surface area contributed by atoms with E-state index in [0.717, 1.165) is 22.5 Å². The smallest absolute Gasteiger partial charge is 0.338 e. The van der Waals surface area contributed by atoms with Gasteiger partial charge in [0.1, 0.15) is 6.29 Å². The highest BCUT2D eigenvalue weighted by Gasteiger charge is 2.14. The minimum absolute atomic E-state index is 0.280. The lowest BCUT2D eigenvalue weighted by atomic mass is 10.1. The molecule has 0 aliphatic rings. The molecule has 154 valence electrons. The van der Waals surface area contributed by atoms with Crippen LogP contribution in [0.1, 0.15) is 43.2 Å². The summed E-state index contributed by atoms with van der Waals surface area (Å²) < 4.78 is 6.95. The highest BCUT2D eigenvalue weighted by atomic mass is 16.5. The van der Waals surface area contributed by atoms with Crippen LogP contribution in [0.25, 0.3) is 0 Å². The van der Waals surface area contributed by atoms with Gasteiger partial charge in [-0.1, -0.05) is 42.5 Å². The fourth-order valence-corrected chi connectivity index (χ4v) is 3.05. The molecule has 0 bridgehead atoms. The molecule has 1 N–H and O–H groups in total. The Labute approximate surface area is 174 Å². The van der Waals surface area contributed by atoms with Crippen molar-refractivity contribution in [2.75, 3.05) is 6.61 Å². The molecular weight excluding hydrogens is 382 g/mol. The van der Waals surface area contributed by atoms with Crippen LogP contribution < -0.4 is 5.32 Å². The maximum Gasteiger partial charge on any atom is 0.338 e. The van der Waals surface area contributed by atoms with Gasteiger partial charge in [-0.2, -0.15) is 5.10 Å². The van der Waals surface area contributed by atoms with Crippen molar-refractivity contribution in [2.24, 2.45) is 0 Å². The van der Waals surface area contributed by atoms with Gasteiger partial charge in [0.05, 0.1) is 17.8 Å². The maximum atomic E-state index is 12.1. The number of aryl methyl sites for hydroxylation is 1. The highest BCUT2D eigenvalue weighted by molar-refractivity contribution is 5.92. The fraction of sp³-hybridized carbons (Fsp3) is 0.217. The van der Waals surface area contributed by atoms with Crippen molar-refractivity contribution in [3.8, 4) is 0 Å². The quantitative estimate of drug-likeness (QED) is 0.460. The number of aromatic nitrogens is 2. The largest absolute Gasteiger partial charge is 0.452 e. The number of benzene rings is 2. The van der Waals surface area contributed by atoms with E-state index >= 15 is 0 Å². The number of carbonyl (C=O) groups excluding carboxylic acids is 3. The number of esters is 1. The van der Waals surface area contributed by atoms with E-state index in [9.17, 15) is 14.4 Å². The highest BCUT2D eigenvalue weighted by Crippen LogP contribution is 2.14. The van der Waals surface area contributed by atoms with Gasteiger partial charge in [0.25, 0.3) is 5.91 Å². The number of nitrogens with one attached hydrogen (secondary N) is 1. The maximum absolute atomic E-state index is 12.1. The predicted molar refractivity (Wildman–Crippen MR) is 111 cm³/mol. The molecule has 1 amide bonds. The normalized spacial score (nSPS) is 10.5. The average molecular weight is 405 g/mol. The van der Waals surface area contributed by atoms with Gasteiger partial charge in [-0.3, -0.25) is 14.3 Å². The zero-order valence-electron chi connectivity index (χ0n) is 16.9. The Morgan fingerprint density at radius 2 is 1.77 bits per heavy atom. The van der Waals surface area contributed by atoms with E-state index in [1.54, 1.807) is 0 Å². The number of hydrogen-bond donors (Lipinski definition) is 1. The molecule has 0 atom stereocenters. The van der Waals surface area contributed by atoms with Gasteiger partial charge in [-0.05, 0) is 31.5 Å². The van der Waals surface area contributed by atoms with E-state index < -0.39 is 11.9 Å². The summed E-state index contributed by atoms with van der Waals surface area (Å²) in [6, 6.07) is 16.0.